The summed E-state index contributed by atoms with van der Waals surface area (Å²) < 4.78 is 1.86. The predicted molar refractivity (Wildman–Crippen MR) is 86.8 cm³/mol. The van der Waals surface area contributed by atoms with Crippen LogP contribution in [0.25, 0.3) is 11.4 Å². The molecule has 0 saturated heterocycles. The summed E-state index contributed by atoms with van der Waals surface area (Å²) >= 11 is 0. The SMILES string of the molecule is O=C(O)c1ccc(Cn2ccnc2-c2cccc([N+](=O)[O-])c2)cc1. The van der Waals surface area contributed by atoms with Gasteiger partial charge in [0.1, 0.15) is 5.82 Å². The molecule has 0 aliphatic rings. The monoisotopic (exact) mass is 323 g/mol. The third kappa shape index (κ3) is 3.14. The van der Waals surface area contributed by atoms with Gasteiger partial charge in [0.05, 0.1) is 10.5 Å². The van der Waals surface area contributed by atoms with Crippen LogP contribution in [0.5, 0.6) is 0 Å². The van der Waals surface area contributed by atoms with Gasteiger partial charge in [0.25, 0.3) is 5.69 Å². The van der Waals surface area contributed by atoms with Crippen LogP contribution in [0.1, 0.15) is 15.9 Å². The van der Waals surface area contributed by atoms with E-state index in [9.17, 15) is 14.9 Å². The molecule has 1 N–H and O–H groups in total. The number of carboxylic acid groups (broad SMARTS) is 1. The molecule has 1 heterocycles. The second kappa shape index (κ2) is 6.33. The number of rotatable bonds is 5. The van der Waals surface area contributed by atoms with E-state index >= 15 is 0 Å². The van der Waals surface area contributed by atoms with E-state index in [0.717, 1.165) is 5.56 Å². The molecule has 0 aliphatic heterocycles. The molecule has 1 aromatic heterocycles. The quantitative estimate of drug-likeness (QED) is 0.574. The van der Waals surface area contributed by atoms with E-state index in [1.54, 1.807) is 48.8 Å². The van der Waals surface area contributed by atoms with Crippen molar-refractivity contribution < 1.29 is 14.8 Å². The lowest BCUT2D eigenvalue weighted by Crippen LogP contribution is -2.02. The first kappa shape index (κ1) is 15.4. The maximum atomic E-state index is 10.9. The highest BCUT2D eigenvalue weighted by molar-refractivity contribution is 5.87. The van der Waals surface area contributed by atoms with Crippen molar-refractivity contribution in [1.29, 1.82) is 0 Å². The van der Waals surface area contributed by atoms with E-state index in [1.807, 2.05) is 4.57 Å². The van der Waals surface area contributed by atoms with Gasteiger partial charge in [-0.2, -0.15) is 0 Å². The predicted octanol–water partition coefficient (Wildman–Crippen LogP) is 3.20. The van der Waals surface area contributed by atoms with Crippen LogP contribution in [0.15, 0.2) is 60.9 Å². The van der Waals surface area contributed by atoms with Crippen molar-refractivity contribution in [3.05, 3.63) is 82.2 Å². The fourth-order valence-electron chi connectivity index (χ4n) is 2.41. The highest BCUT2D eigenvalue weighted by Gasteiger charge is 2.11. The number of hydrogen-bond acceptors (Lipinski definition) is 4. The van der Waals surface area contributed by atoms with E-state index < -0.39 is 10.9 Å². The number of aromatic carboxylic acids is 1. The van der Waals surface area contributed by atoms with E-state index in [0.29, 0.717) is 17.9 Å². The molecule has 0 unspecified atom stereocenters. The summed E-state index contributed by atoms with van der Waals surface area (Å²) in [4.78, 5) is 25.6. The summed E-state index contributed by atoms with van der Waals surface area (Å²) in [6, 6.07) is 12.9. The van der Waals surface area contributed by atoms with E-state index in [2.05, 4.69) is 4.98 Å². The van der Waals surface area contributed by atoms with Crippen molar-refractivity contribution in [2.24, 2.45) is 0 Å². The second-order valence-corrected chi connectivity index (χ2v) is 5.19. The summed E-state index contributed by atoms with van der Waals surface area (Å²) in [5, 5.41) is 19.8. The van der Waals surface area contributed by atoms with Gasteiger partial charge in [-0.3, -0.25) is 10.1 Å². The van der Waals surface area contributed by atoms with Crippen molar-refractivity contribution in [3.63, 3.8) is 0 Å². The lowest BCUT2D eigenvalue weighted by molar-refractivity contribution is -0.384. The molecule has 0 radical (unpaired) electrons. The minimum atomic E-state index is -0.971. The molecule has 7 heteroatoms. The molecular weight excluding hydrogens is 310 g/mol. The zero-order chi connectivity index (χ0) is 17.1. The van der Waals surface area contributed by atoms with Gasteiger partial charge in [-0.15, -0.1) is 0 Å². The second-order valence-electron chi connectivity index (χ2n) is 5.19. The van der Waals surface area contributed by atoms with Crippen LogP contribution < -0.4 is 0 Å². The van der Waals surface area contributed by atoms with Crippen LogP contribution >= 0.6 is 0 Å². The molecule has 7 nitrogen and oxygen atoms in total. The van der Waals surface area contributed by atoms with E-state index in [-0.39, 0.29) is 11.3 Å². The zero-order valence-corrected chi connectivity index (χ0v) is 12.5. The Labute approximate surface area is 137 Å². The highest BCUT2D eigenvalue weighted by Crippen LogP contribution is 2.23. The van der Waals surface area contributed by atoms with Crippen molar-refractivity contribution in [1.82, 2.24) is 9.55 Å². The third-order valence-electron chi connectivity index (χ3n) is 3.58. The standard InChI is InChI=1S/C17H13N3O4/c21-17(22)13-6-4-12(5-7-13)11-19-9-8-18-16(19)14-2-1-3-15(10-14)20(23)24/h1-10H,11H2,(H,21,22). The maximum absolute atomic E-state index is 10.9. The van der Waals surface area contributed by atoms with Gasteiger partial charge in [0.15, 0.2) is 0 Å². The summed E-state index contributed by atoms with van der Waals surface area (Å²) in [5.41, 5.74) is 1.79. The molecule has 120 valence electrons. The van der Waals surface area contributed by atoms with Gasteiger partial charge in [-0.1, -0.05) is 24.3 Å². The summed E-state index contributed by atoms with van der Waals surface area (Å²) in [7, 11) is 0. The number of nitro benzene ring substituents is 1. The molecule has 0 saturated carbocycles. The van der Waals surface area contributed by atoms with Crippen LogP contribution in [0.4, 0.5) is 5.69 Å². The lowest BCUT2D eigenvalue weighted by atomic mass is 10.1. The Morgan fingerprint density at radius 3 is 2.62 bits per heavy atom. The van der Waals surface area contributed by atoms with Gasteiger partial charge in [0, 0.05) is 36.6 Å². The van der Waals surface area contributed by atoms with Crippen molar-refractivity contribution in [2.45, 2.75) is 6.54 Å². The zero-order valence-electron chi connectivity index (χ0n) is 12.5. The van der Waals surface area contributed by atoms with Gasteiger partial charge in [-0.05, 0) is 17.7 Å². The molecule has 0 bridgehead atoms. The summed E-state index contributed by atoms with van der Waals surface area (Å²) in [5.74, 6) is -0.359. The van der Waals surface area contributed by atoms with Gasteiger partial charge in [-0.25, -0.2) is 9.78 Å². The molecule has 0 amide bonds. The van der Waals surface area contributed by atoms with E-state index in [1.165, 1.54) is 12.1 Å². The molecule has 0 atom stereocenters. The third-order valence-corrected chi connectivity index (χ3v) is 3.58. The van der Waals surface area contributed by atoms with E-state index in [4.69, 9.17) is 5.11 Å². The van der Waals surface area contributed by atoms with Gasteiger partial charge in [0.2, 0.25) is 0 Å². The summed E-state index contributed by atoms with van der Waals surface area (Å²) in [6.07, 6.45) is 3.40. The minimum absolute atomic E-state index is 0.00728. The van der Waals surface area contributed by atoms with Crippen LogP contribution in [-0.4, -0.2) is 25.6 Å². The number of carbonyl (C=O) groups is 1. The number of hydrogen-bond donors (Lipinski definition) is 1. The molecule has 3 aromatic rings. The van der Waals surface area contributed by atoms with Gasteiger partial charge >= 0.3 is 5.97 Å². The topological polar surface area (TPSA) is 98.3 Å². The van der Waals surface area contributed by atoms with Crippen LogP contribution in [0, 0.1) is 10.1 Å². The number of imidazole rings is 1. The van der Waals surface area contributed by atoms with Crippen molar-refractivity contribution in [2.75, 3.05) is 0 Å². The van der Waals surface area contributed by atoms with Crippen LogP contribution in [0.2, 0.25) is 0 Å². The first-order valence-electron chi connectivity index (χ1n) is 7.13. The first-order valence-corrected chi connectivity index (χ1v) is 7.13. The Morgan fingerprint density at radius 2 is 1.96 bits per heavy atom. The minimum Gasteiger partial charge on any atom is -0.478 e. The molecule has 2 aromatic carbocycles. The summed E-state index contributed by atoms with van der Waals surface area (Å²) in [6.45, 7) is 0.484. The average molecular weight is 323 g/mol. The van der Waals surface area contributed by atoms with Crippen molar-refractivity contribution in [3.8, 4) is 11.4 Å². The Balaban J connectivity index is 1.89. The number of benzene rings is 2. The van der Waals surface area contributed by atoms with Crippen LogP contribution in [0.3, 0.4) is 0 Å². The molecule has 0 aliphatic carbocycles. The lowest BCUT2D eigenvalue weighted by Gasteiger charge is -2.08. The molecule has 24 heavy (non-hydrogen) atoms. The van der Waals surface area contributed by atoms with Gasteiger partial charge < -0.3 is 9.67 Å². The molecule has 0 spiro atoms. The maximum Gasteiger partial charge on any atom is 0.335 e. The Bertz CT molecular complexity index is 900. The average Bonchev–Trinajstić information content (AvgIpc) is 3.03. The highest BCUT2D eigenvalue weighted by atomic mass is 16.6. The normalized spacial score (nSPS) is 10.5. The number of carboxylic acids is 1. The largest absolute Gasteiger partial charge is 0.478 e. The van der Waals surface area contributed by atoms with Crippen molar-refractivity contribution >= 4 is 11.7 Å². The fourth-order valence-corrected chi connectivity index (χ4v) is 2.41. The number of nitrogens with zero attached hydrogens (tertiary/aromatic N) is 3. The number of nitro groups is 1. The Kier molecular flexibility index (Phi) is 4.07. The first-order chi connectivity index (χ1) is 11.5. The molecule has 3 rings (SSSR count). The smallest absolute Gasteiger partial charge is 0.335 e. The molecule has 0 fully saturated rings. The fraction of sp³-hybridized carbons (Fsp3) is 0.0588. The number of aromatic nitrogens is 2. The Morgan fingerprint density at radius 1 is 1.21 bits per heavy atom. The number of non-ortho nitro benzene ring substituents is 1. The Hall–Kier alpha value is -3.48. The molecular formula is C17H13N3O4. The van der Waals surface area contributed by atoms with Crippen LogP contribution in [-0.2, 0) is 6.54 Å².